The fourth-order valence-electron chi connectivity index (χ4n) is 1.61. The molecule has 98 valence electrons. The zero-order valence-corrected chi connectivity index (χ0v) is 12.1. The van der Waals surface area contributed by atoms with E-state index in [9.17, 15) is 4.79 Å². The molecule has 0 aliphatic heterocycles. The van der Waals surface area contributed by atoms with Gasteiger partial charge in [-0.3, -0.25) is 4.98 Å². The lowest BCUT2D eigenvalue weighted by molar-refractivity contribution is 0.0601. The first-order valence-corrected chi connectivity index (χ1v) is 6.37. The van der Waals surface area contributed by atoms with Crippen LogP contribution in [0.2, 0.25) is 15.1 Å². The first-order valence-electron chi connectivity index (χ1n) is 5.23. The van der Waals surface area contributed by atoms with Crippen molar-refractivity contribution < 1.29 is 9.53 Å². The smallest absolute Gasteiger partial charge is 0.339 e. The number of esters is 1. The maximum Gasteiger partial charge on any atom is 0.339 e. The summed E-state index contributed by atoms with van der Waals surface area (Å²) >= 11 is 18.4. The zero-order valence-electron chi connectivity index (χ0n) is 9.78. The SMILES string of the molecule is COC(=O)c1ccnc(-c2c(Cl)cccc2Cl)c1Cl. The summed E-state index contributed by atoms with van der Waals surface area (Å²) in [6.45, 7) is 0. The number of aromatic nitrogens is 1. The Morgan fingerprint density at radius 1 is 1.16 bits per heavy atom. The zero-order chi connectivity index (χ0) is 14.0. The first kappa shape index (κ1) is 14.1. The van der Waals surface area contributed by atoms with Gasteiger partial charge in [-0.1, -0.05) is 40.9 Å². The molecular formula is C13H8Cl3NO2. The van der Waals surface area contributed by atoms with Crippen LogP contribution in [-0.2, 0) is 4.74 Å². The third-order valence-electron chi connectivity index (χ3n) is 2.49. The van der Waals surface area contributed by atoms with Crippen molar-refractivity contribution >= 4 is 40.8 Å². The predicted octanol–water partition coefficient (Wildman–Crippen LogP) is 4.50. The molecule has 6 heteroatoms. The van der Waals surface area contributed by atoms with Crippen molar-refractivity contribution in [3.05, 3.63) is 51.1 Å². The number of carbonyl (C=O) groups excluding carboxylic acids is 1. The maximum atomic E-state index is 11.6. The number of ether oxygens (including phenoxy) is 1. The lowest BCUT2D eigenvalue weighted by Gasteiger charge is -2.10. The Morgan fingerprint density at radius 3 is 2.37 bits per heavy atom. The summed E-state index contributed by atoms with van der Waals surface area (Å²) in [4.78, 5) is 15.7. The number of halogens is 3. The highest BCUT2D eigenvalue weighted by Gasteiger charge is 2.19. The van der Waals surface area contributed by atoms with Gasteiger partial charge in [-0.25, -0.2) is 4.79 Å². The van der Waals surface area contributed by atoms with Crippen LogP contribution in [0.5, 0.6) is 0 Å². The maximum absolute atomic E-state index is 11.6. The second-order valence-corrected chi connectivity index (χ2v) is 4.80. The summed E-state index contributed by atoms with van der Waals surface area (Å²) in [5, 5.41) is 0.970. The van der Waals surface area contributed by atoms with Crippen molar-refractivity contribution in [2.75, 3.05) is 7.11 Å². The van der Waals surface area contributed by atoms with Gasteiger partial charge in [-0.15, -0.1) is 0 Å². The molecule has 3 nitrogen and oxygen atoms in total. The molecule has 1 heterocycles. The van der Waals surface area contributed by atoms with Gasteiger partial charge in [0.05, 0.1) is 33.4 Å². The molecule has 0 radical (unpaired) electrons. The molecular weight excluding hydrogens is 309 g/mol. The minimum Gasteiger partial charge on any atom is -0.465 e. The summed E-state index contributed by atoms with van der Waals surface area (Å²) in [5.41, 5.74) is 1.05. The van der Waals surface area contributed by atoms with Crippen LogP contribution in [0.3, 0.4) is 0 Å². The molecule has 1 aromatic carbocycles. The minimum absolute atomic E-state index is 0.157. The third-order valence-corrected chi connectivity index (χ3v) is 3.51. The summed E-state index contributed by atoms with van der Waals surface area (Å²) in [6.07, 6.45) is 1.45. The van der Waals surface area contributed by atoms with Gasteiger partial charge in [0.15, 0.2) is 0 Å². The molecule has 0 atom stereocenters. The number of rotatable bonds is 2. The van der Waals surface area contributed by atoms with E-state index in [1.54, 1.807) is 18.2 Å². The normalized spacial score (nSPS) is 10.3. The van der Waals surface area contributed by atoms with Crippen molar-refractivity contribution in [3.8, 4) is 11.3 Å². The van der Waals surface area contributed by atoms with Crippen molar-refractivity contribution in [2.45, 2.75) is 0 Å². The van der Waals surface area contributed by atoms with Gasteiger partial charge in [-0.2, -0.15) is 0 Å². The molecule has 0 fully saturated rings. The van der Waals surface area contributed by atoms with Crippen LogP contribution >= 0.6 is 34.8 Å². The lowest BCUT2D eigenvalue weighted by atomic mass is 10.1. The molecule has 0 N–H and O–H groups in total. The van der Waals surface area contributed by atoms with E-state index < -0.39 is 5.97 Å². The van der Waals surface area contributed by atoms with E-state index in [0.717, 1.165) is 0 Å². The molecule has 0 saturated carbocycles. The standard InChI is InChI=1S/C13H8Cl3NO2/c1-19-13(18)7-5-6-17-12(11(7)16)10-8(14)3-2-4-9(10)15/h2-6H,1H3. The Balaban J connectivity index is 2.67. The number of pyridine rings is 1. The molecule has 0 aliphatic rings. The number of carbonyl (C=O) groups is 1. The molecule has 0 amide bonds. The second kappa shape index (κ2) is 5.78. The number of methoxy groups -OCH3 is 1. The Kier molecular flexibility index (Phi) is 4.30. The van der Waals surface area contributed by atoms with E-state index in [4.69, 9.17) is 34.8 Å². The van der Waals surface area contributed by atoms with Crippen LogP contribution in [0.25, 0.3) is 11.3 Å². The van der Waals surface area contributed by atoms with Crippen LogP contribution < -0.4 is 0 Å². The van der Waals surface area contributed by atoms with E-state index in [1.807, 2.05) is 0 Å². The van der Waals surface area contributed by atoms with Gasteiger partial charge in [0.25, 0.3) is 0 Å². The summed E-state index contributed by atoms with van der Waals surface area (Å²) in [7, 11) is 1.28. The number of nitrogens with zero attached hydrogens (tertiary/aromatic N) is 1. The van der Waals surface area contributed by atoms with Gasteiger partial charge in [0.2, 0.25) is 0 Å². The van der Waals surface area contributed by atoms with Crippen LogP contribution in [0.1, 0.15) is 10.4 Å². The Labute approximate surface area is 125 Å². The number of benzene rings is 1. The predicted molar refractivity (Wildman–Crippen MR) is 76.0 cm³/mol. The molecule has 19 heavy (non-hydrogen) atoms. The van der Waals surface area contributed by atoms with Crippen molar-refractivity contribution in [3.63, 3.8) is 0 Å². The highest BCUT2D eigenvalue weighted by molar-refractivity contribution is 6.41. The van der Waals surface area contributed by atoms with E-state index in [1.165, 1.54) is 19.4 Å². The Morgan fingerprint density at radius 2 is 1.79 bits per heavy atom. The first-order chi connectivity index (χ1) is 9.06. The van der Waals surface area contributed by atoms with Gasteiger partial charge in [-0.05, 0) is 18.2 Å². The number of hydrogen-bond donors (Lipinski definition) is 0. The van der Waals surface area contributed by atoms with Crippen molar-refractivity contribution in [1.29, 1.82) is 0 Å². The van der Waals surface area contributed by atoms with E-state index >= 15 is 0 Å². The topological polar surface area (TPSA) is 39.2 Å². The molecule has 0 spiro atoms. The van der Waals surface area contributed by atoms with Crippen LogP contribution in [0.4, 0.5) is 0 Å². The van der Waals surface area contributed by atoms with E-state index in [-0.39, 0.29) is 10.6 Å². The van der Waals surface area contributed by atoms with Crippen LogP contribution in [-0.4, -0.2) is 18.1 Å². The monoisotopic (exact) mass is 315 g/mol. The van der Waals surface area contributed by atoms with Gasteiger partial charge in [0, 0.05) is 11.8 Å². The fraction of sp³-hybridized carbons (Fsp3) is 0.0769. The molecule has 2 rings (SSSR count). The van der Waals surface area contributed by atoms with E-state index in [0.29, 0.717) is 21.3 Å². The molecule has 2 aromatic rings. The molecule has 0 aliphatic carbocycles. The van der Waals surface area contributed by atoms with Gasteiger partial charge in [0.1, 0.15) is 0 Å². The fourth-order valence-corrected chi connectivity index (χ4v) is 2.47. The largest absolute Gasteiger partial charge is 0.465 e. The van der Waals surface area contributed by atoms with Gasteiger partial charge < -0.3 is 4.74 Å². The van der Waals surface area contributed by atoms with Crippen molar-refractivity contribution in [2.24, 2.45) is 0 Å². The Hall–Kier alpha value is -1.29. The van der Waals surface area contributed by atoms with Crippen LogP contribution in [0.15, 0.2) is 30.5 Å². The van der Waals surface area contributed by atoms with E-state index in [2.05, 4.69) is 9.72 Å². The molecule has 0 unspecified atom stereocenters. The summed E-state index contributed by atoms with van der Waals surface area (Å²) < 4.78 is 4.65. The molecule has 0 saturated heterocycles. The molecule has 0 bridgehead atoms. The average Bonchev–Trinajstić information content (AvgIpc) is 2.39. The minimum atomic E-state index is -0.545. The van der Waals surface area contributed by atoms with Crippen LogP contribution in [0, 0.1) is 0 Å². The molecule has 1 aromatic heterocycles. The lowest BCUT2D eigenvalue weighted by Crippen LogP contribution is -2.03. The summed E-state index contributed by atoms with van der Waals surface area (Å²) in [6, 6.07) is 6.53. The second-order valence-electron chi connectivity index (χ2n) is 3.61. The third kappa shape index (κ3) is 2.68. The summed E-state index contributed by atoms with van der Waals surface area (Å²) in [5.74, 6) is -0.545. The van der Waals surface area contributed by atoms with Gasteiger partial charge >= 0.3 is 5.97 Å². The quantitative estimate of drug-likeness (QED) is 0.766. The average molecular weight is 317 g/mol. The Bertz CT molecular complexity index is 624. The highest BCUT2D eigenvalue weighted by Crippen LogP contribution is 2.38. The van der Waals surface area contributed by atoms with Crippen molar-refractivity contribution in [1.82, 2.24) is 4.98 Å². The number of hydrogen-bond acceptors (Lipinski definition) is 3. The highest BCUT2D eigenvalue weighted by atomic mass is 35.5.